The number of rotatable bonds is 2. The van der Waals surface area contributed by atoms with Gasteiger partial charge in [0.1, 0.15) is 0 Å². The Balaban J connectivity index is 2.31. The molecule has 0 radical (unpaired) electrons. The van der Waals surface area contributed by atoms with Crippen LogP contribution in [0.4, 0.5) is 0 Å². The van der Waals surface area contributed by atoms with Crippen molar-refractivity contribution in [3.8, 4) is 0 Å². The van der Waals surface area contributed by atoms with Crippen molar-refractivity contribution in [2.45, 2.75) is 38.1 Å². The lowest BCUT2D eigenvalue weighted by Crippen LogP contribution is -2.14. The van der Waals surface area contributed by atoms with Crippen LogP contribution in [0.2, 0.25) is 0 Å². The summed E-state index contributed by atoms with van der Waals surface area (Å²) in [7, 11) is 0. The molecular formula is C12H13NO2. The molecule has 2 aliphatic heterocycles. The molecule has 0 amide bonds. The monoisotopic (exact) mass is 203 g/mol. The van der Waals surface area contributed by atoms with Gasteiger partial charge in [0.25, 0.3) is 0 Å². The Bertz CT molecular complexity index is 436. The highest BCUT2D eigenvalue weighted by atomic mass is 16.1. The van der Waals surface area contributed by atoms with Crippen molar-refractivity contribution in [2.24, 2.45) is 0 Å². The number of carbonyl (C=O) groups excluding carboxylic acids is 2. The summed E-state index contributed by atoms with van der Waals surface area (Å²) < 4.78 is 2.26. The molecule has 3 nitrogen and oxygen atoms in total. The van der Waals surface area contributed by atoms with E-state index in [0.717, 1.165) is 49.6 Å². The van der Waals surface area contributed by atoms with Gasteiger partial charge in [-0.05, 0) is 32.1 Å². The molecule has 15 heavy (non-hydrogen) atoms. The molecular weight excluding hydrogens is 190 g/mol. The SMILES string of the molecule is O=Cc1c(C=O)c2n3c1CCCC3CC2. The van der Waals surface area contributed by atoms with Crippen LogP contribution >= 0.6 is 0 Å². The predicted octanol–water partition coefficient (Wildman–Crippen LogP) is 1.94. The molecule has 1 aromatic rings. The largest absolute Gasteiger partial charge is 0.344 e. The zero-order chi connectivity index (χ0) is 10.4. The number of aldehydes is 2. The molecule has 1 aromatic heterocycles. The van der Waals surface area contributed by atoms with Gasteiger partial charge in [0.05, 0.1) is 0 Å². The summed E-state index contributed by atoms with van der Waals surface area (Å²) in [5.74, 6) is 0. The average molecular weight is 203 g/mol. The standard InChI is InChI=1S/C12H13NO2/c14-6-9-10(7-15)12-5-4-8-2-1-3-11(9)13(8)12/h6-8H,1-5H2. The average Bonchev–Trinajstić information content (AvgIpc) is 2.82. The second-order valence-corrected chi connectivity index (χ2v) is 4.41. The molecule has 0 saturated heterocycles. The number of aromatic nitrogens is 1. The van der Waals surface area contributed by atoms with Gasteiger partial charge in [-0.25, -0.2) is 0 Å². The molecule has 3 heteroatoms. The molecule has 1 atom stereocenters. The van der Waals surface area contributed by atoms with Crippen LogP contribution in [0.5, 0.6) is 0 Å². The maximum Gasteiger partial charge on any atom is 0.152 e. The third-order valence-electron chi connectivity index (χ3n) is 3.76. The van der Waals surface area contributed by atoms with Crippen LogP contribution in [-0.2, 0) is 12.8 Å². The van der Waals surface area contributed by atoms with Crippen LogP contribution in [0.1, 0.15) is 57.4 Å². The lowest BCUT2D eigenvalue weighted by molar-refractivity contribution is 0.109. The second-order valence-electron chi connectivity index (χ2n) is 4.41. The van der Waals surface area contributed by atoms with E-state index in [9.17, 15) is 9.59 Å². The molecule has 0 fully saturated rings. The van der Waals surface area contributed by atoms with E-state index in [1.165, 1.54) is 6.42 Å². The molecule has 1 unspecified atom stereocenters. The third-order valence-corrected chi connectivity index (χ3v) is 3.76. The lowest BCUT2D eigenvalue weighted by Gasteiger charge is -2.22. The number of hydrogen-bond acceptors (Lipinski definition) is 2. The van der Waals surface area contributed by atoms with Gasteiger partial charge in [-0.3, -0.25) is 9.59 Å². The quantitative estimate of drug-likeness (QED) is 0.689. The van der Waals surface area contributed by atoms with Crippen LogP contribution in [-0.4, -0.2) is 17.1 Å². The molecule has 0 saturated carbocycles. The van der Waals surface area contributed by atoms with E-state index in [0.29, 0.717) is 17.2 Å². The van der Waals surface area contributed by atoms with Gasteiger partial charge in [0.2, 0.25) is 0 Å². The van der Waals surface area contributed by atoms with Crippen LogP contribution in [0.3, 0.4) is 0 Å². The van der Waals surface area contributed by atoms with Crippen molar-refractivity contribution in [1.29, 1.82) is 0 Å². The summed E-state index contributed by atoms with van der Waals surface area (Å²) in [4.78, 5) is 22.1. The molecule has 3 rings (SSSR count). The highest BCUT2D eigenvalue weighted by Gasteiger charge is 2.33. The lowest BCUT2D eigenvalue weighted by atomic mass is 9.97. The van der Waals surface area contributed by atoms with Gasteiger partial charge >= 0.3 is 0 Å². The Morgan fingerprint density at radius 3 is 2.33 bits per heavy atom. The van der Waals surface area contributed by atoms with E-state index in [1.807, 2.05) is 0 Å². The van der Waals surface area contributed by atoms with E-state index in [4.69, 9.17) is 0 Å². The number of nitrogens with zero attached hydrogens (tertiary/aromatic N) is 1. The van der Waals surface area contributed by atoms with Crippen LogP contribution in [0.15, 0.2) is 0 Å². The van der Waals surface area contributed by atoms with Gasteiger partial charge in [-0.2, -0.15) is 0 Å². The van der Waals surface area contributed by atoms with Crippen molar-refractivity contribution in [1.82, 2.24) is 4.57 Å². The topological polar surface area (TPSA) is 39.1 Å². The number of hydrogen-bond donors (Lipinski definition) is 0. The second kappa shape index (κ2) is 3.05. The molecule has 78 valence electrons. The molecule has 0 spiro atoms. The Morgan fingerprint density at radius 1 is 1.00 bits per heavy atom. The summed E-state index contributed by atoms with van der Waals surface area (Å²) in [6.45, 7) is 0. The Kier molecular flexibility index (Phi) is 1.81. The zero-order valence-corrected chi connectivity index (χ0v) is 8.53. The maximum atomic E-state index is 11.0. The summed E-state index contributed by atoms with van der Waals surface area (Å²) in [6.07, 6.45) is 7.10. The third kappa shape index (κ3) is 1.01. The summed E-state index contributed by atoms with van der Waals surface area (Å²) in [6, 6.07) is 0.552. The van der Waals surface area contributed by atoms with Crippen molar-refractivity contribution in [2.75, 3.05) is 0 Å². The summed E-state index contributed by atoms with van der Waals surface area (Å²) >= 11 is 0. The van der Waals surface area contributed by atoms with E-state index < -0.39 is 0 Å². The molecule has 0 aliphatic carbocycles. The molecule has 0 N–H and O–H groups in total. The fourth-order valence-corrected chi connectivity index (χ4v) is 3.16. The predicted molar refractivity (Wildman–Crippen MR) is 55.5 cm³/mol. The van der Waals surface area contributed by atoms with Crippen molar-refractivity contribution in [3.63, 3.8) is 0 Å². The first-order chi connectivity index (χ1) is 7.36. The molecule has 0 bridgehead atoms. The van der Waals surface area contributed by atoms with Crippen molar-refractivity contribution >= 4 is 12.6 Å². The highest BCUT2D eigenvalue weighted by molar-refractivity contribution is 5.93. The van der Waals surface area contributed by atoms with E-state index in [-0.39, 0.29) is 0 Å². The van der Waals surface area contributed by atoms with Crippen LogP contribution in [0.25, 0.3) is 0 Å². The zero-order valence-electron chi connectivity index (χ0n) is 8.53. The minimum absolute atomic E-state index is 0.552. The summed E-state index contributed by atoms with van der Waals surface area (Å²) in [5, 5.41) is 0. The minimum atomic E-state index is 0.552. The Morgan fingerprint density at radius 2 is 1.67 bits per heavy atom. The smallest absolute Gasteiger partial charge is 0.152 e. The van der Waals surface area contributed by atoms with E-state index >= 15 is 0 Å². The van der Waals surface area contributed by atoms with E-state index in [1.54, 1.807) is 0 Å². The van der Waals surface area contributed by atoms with Gasteiger partial charge < -0.3 is 4.57 Å². The highest BCUT2D eigenvalue weighted by Crippen LogP contribution is 2.40. The summed E-state index contributed by atoms with van der Waals surface area (Å²) in [5.41, 5.74) is 3.52. The van der Waals surface area contributed by atoms with E-state index in [2.05, 4.69) is 4.57 Å². The van der Waals surface area contributed by atoms with Gasteiger partial charge in [-0.15, -0.1) is 0 Å². The number of carbonyl (C=O) groups is 2. The van der Waals surface area contributed by atoms with Crippen LogP contribution in [0, 0.1) is 0 Å². The Labute approximate surface area is 88.1 Å². The molecule has 2 aliphatic rings. The van der Waals surface area contributed by atoms with Gasteiger partial charge in [-0.1, -0.05) is 0 Å². The van der Waals surface area contributed by atoms with Crippen LogP contribution < -0.4 is 0 Å². The Hall–Kier alpha value is -1.38. The first-order valence-corrected chi connectivity index (χ1v) is 5.53. The van der Waals surface area contributed by atoms with Crippen molar-refractivity contribution in [3.05, 3.63) is 22.5 Å². The molecule has 0 aromatic carbocycles. The molecule has 3 heterocycles. The first-order valence-electron chi connectivity index (χ1n) is 5.53. The minimum Gasteiger partial charge on any atom is -0.344 e. The fraction of sp³-hybridized carbons (Fsp3) is 0.500. The first kappa shape index (κ1) is 8.89. The maximum absolute atomic E-state index is 11.0. The van der Waals surface area contributed by atoms with Gasteiger partial charge in [0, 0.05) is 28.6 Å². The van der Waals surface area contributed by atoms with Gasteiger partial charge in [0.15, 0.2) is 12.6 Å². The fourth-order valence-electron chi connectivity index (χ4n) is 3.16. The normalized spacial score (nSPS) is 22.5. The van der Waals surface area contributed by atoms with Crippen molar-refractivity contribution < 1.29 is 9.59 Å².